The Kier molecular flexibility index (Phi) is 4.77. The minimum Gasteiger partial charge on any atom is -0.375 e. The van der Waals surface area contributed by atoms with Gasteiger partial charge in [-0.3, -0.25) is 15.5 Å². The van der Waals surface area contributed by atoms with Gasteiger partial charge in [0.25, 0.3) is 5.69 Å². The first-order valence-corrected chi connectivity index (χ1v) is 5.00. The lowest BCUT2D eigenvalue weighted by molar-refractivity contribution is -0.384. The van der Waals surface area contributed by atoms with Gasteiger partial charge in [-0.05, 0) is 36.0 Å². The first kappa shape index (κ1) is 12.8. The fourth-order valence-electron chi connectivity index (χ4n) is 1.01. The highest BCUT2D eigenvalue weighted by Crippen LogP contribution is 2.12. The predicted molar refractivity (Wildman–Crippen MR) is 70.5 cm³/mol. The molecule has 7 heteroatoms. The Morgan fingerprint density at radius 2 is 2.12 bits per heavy atom. The smallest absolute Gasteiger partial charge is 0.269 e. The second kappa shape index (κ2) is 6.33. The zero-order valence-corrected chi connectivity index (χ0v) is 9.55. The quantitative estimate of drug-likeness (QED) is 0.365. The maximum atomic E-state index is 10.4. The Labute approximate surface area is 103 Å². The molecule has 0 atom stereocenters. The Hall–Kier alpha value is -2.28. The number of hydrogen-bond donors (Lipinski definition) is 2. The van der Waals surface area contributed by atoms with Crippen molar-refractivity contribution in [3.8, 4) is 0 Å². The van der Waals surface area contributed by atoms with Gasteiger partial charge in [0.15, 0.2) is 5.11 Å². The van der Waals surface area contributed by atoms with Crippen molar-refractivity contribution in [1.29, 1.82) is 0 Å². The first-order valence-electron chi connectivity index (χ1n) is 4.59. The normalized spacial score (nSPS) is 10.8. The largest absolute Gasteiger partial charge is 0.375 e. The van der Waals surface area contributed by atoms with E-state index in [4.69, 9.17) is 5.73 Å². The number of non-ortho nitro benzene ring substituents is 1. The minimum atomic E-state index is -0.443. The fraction of sp³-hybridized carbons (Fsp3) is 0. The summed E-state index contributed by atoms with van der Waals surface area (Å²) in [6.07, 6.45) is 4.88. The number of nitrogens with one attached hydrogen (secondary N) is 1. The molecular formula is C10H10N4O2S. The average Bonchev–Trinajstić information content (AvgIpc) is 2.29. The summed E-state index contributed by atoms with van der Waals surface area (Å²) in [4.78, 5) is 9.97. The topological polar surface area (TPSA) is 93.5 Å². The van der Waals surface area contributed by atoms with Crippen LogP contribution in [0.1, 0.15) is 5.56 Å². The summed E-state index contributed by atoms with van der Waals surface area (Å²) in [5.74, 6) is 0. The Morgan fingerprint density at radius 1 is 1.47 bits per heavy atom. The van der Waals surface area contributed by atoms with E-state index < -0.39 is 4.92 Å². The summed E-state index contributed by atoms with van der Waals surface area (Å²) in [5.41, 5.74) is 8.44. The Morgan fingerprint density at radius 3 is 2.65 bits per heavy atom. The number of rotatable bonds is 4. The van der Waals surface area contributed by atoms with Crippen LogP contribution in [0, 0.1) is 10.1 Å². The molecule has 88 valence electrons. The van der Waals surface area contributed by atoms with Crippen LogP contribution >= 0.6 is 12.2 Å². The second-order valence-corrected chi connectivity index (χ2v) is 3.40. The molecule has 0 spiro atoms. The monoisotopic (exact) mass is 250 g/mol. The third-order valence-electron chi connectivity index (χ3n) is 1.73. The lowest BCUT2D eigenvalue weighted by Crippen LogP contribution is -2.23. The molecule has 0 bridgehead atoms. The van der Waals surface area contributed by atoms with Gasteiger partial charge in [0, 0.05) is 18.3 Å². The van der Waals surface area contributed by atoms with Gasteiger partial charge < -0.3 is 5.73 Å². The van der Waals surface area contributed by atoms with Crippen molar-refractivity contribution in [1.82, 2.24) is 5.43 Å². The van der Waals surface area contributed by atoms with Crippen molar-refractivity contribution in [2.45, 2.75) is 0 Å². The van der Waals surface area contributed by atoms with Gasteiger partial charge >= 0.3 is 0 Å². The van der Waals surface area contributed by atoms with Crippen LogP contribution < -0.4 is 11.2 Å². The van der Waals surface area contributed by atoms with E-state index >= 15 is 0 Å². The van der Waals surface area contributed by atoms with Gasteiger partial charge in [0.2, 0.25) is 0 Å². The van der Waals surface area contributed by atoms with Crippen LogP contribution in [0.2, 0.25) is 0 Å². The number of nitro benzene ring substituents is 1. The van der Waals surface area contributed by atoms with E-state index in [0.29, 0.717) is 0 Å². The summed E-state index contributed by atoms with van der Waals surface area (Å²) in [6, 6.07) is 6.15. The molecule has 0 saturated heterocycles. The van der Waals surface area contributed by atoms with Crippen LogP contribution in [-0.2, 0) is 0 Å². The van der Waals surface area contributed by atoms with Gasteiger partial charge in [0.05, 0.1) is 4.92 Å². The molecule has 0 fully saturated rings. The number of allylic oxidation sites excluding steroid dienone is 1. The standard InChI is InChI=1S/C10H10N4O2S/c11-10(17)13-12-7-1-2-8-3-5-9(6-4-8)14(15)16/h1-7H,(H3,11,13,17). The number of hydrazone groups is 1. The lowest BCUT2D eigenvalue weighted by Gasteiger charge is -1.93. The molecule has 0 amide bonds. The molecule has 3 N–H and O–H groups in total. The molecule has 17 heavy (non-hydrogen) atoms. The SMILES string of the molecule is NC(=S)NN=CC=Cc1ccc([N+](=O)[O-])cc1. The van der Waals surface area contributed by atoms with Crippen molar-refractivity contribution < 1.29 is 4.92 Å². The van der Waals surface area contributed by atoms with Gasteiger partial charge in [-0.2, -0.15) is 5.10 Å². The second-order valence-electron chi connectivity index (χ2n) is 2.96. The molecule has 0 aromatic heterocycles. The number of nitrogens with two attached hydrogens (primary N) is 1. The highest BCUT2D eigenvalue weighted by molar-refractivity contribution is 7.80. The Bertz CT molecular complexity index is 468. The molecule has 1 aromatic rings. The first-order chi connectivity index (χ1) is 8.09. The molecule has 0 unspecified atom stereocenters. The highest BCUT2D eigenvalue weighted by atomic mass is 32.1. The maximum absolute atomic E-state index is 10.4. The molecule has 0 aliphatic heterocycles. The number of nitrogens with zero attached hydrogens (tertiary/aromatic N) is 2. The zero-order valence-electron chi connectivity index (χ0n) is 8.74. The van der Waals surface area contributed by atoms with Crippen molar-refractivity contribution in [2.75, 3.05) is 0 Å². The van der Waals surface area contributed by atoms with E-state index in [0.717, 1.165) is 5.56 Å². The molecule has 0 saturated carbocycles. The van der Waals surface area contributed by atoms with E-state index in [1.54, 1.807) is 24.3 Å². The number of nitro groups is 1. The molecule has 0 heterocycles. The summed E-state index contributed by atoms with van der Waals surface area (Å²) in [6.45, 7) is 0. The van der Waals surface area contributed by atoms with Crippen molar-refractivity contribution in [3.63, 3.8) is 0 Å². The number of thiocarbonyl (C=S) groups is 1. The summed E-state index contributed by atoms with van der Waals surface area (Å²) in [7, 11) is 0. The van der Waals surface area contributed by atoms with Gasteiger partial charge in [-0.1, -0.05) is 6.08 Å². The maximum Gasteiger partial charge on any atom is 0.269 e. The van der Waals surface area contributed by atoms with Crippen LogP contribution in [-0.4, -0.2) is 16.3 Å². The van der Waals surface area contributed by atoms with Crippen molar-refractivity contribution in [3.05, 3.63) is 46.0 Å². The molecule has 1 aromatic carbocycles. The van der Waals surface area contributed by atoms with Gasteiger partial charge in [-0.25, -0.2) is 0 Å². The molecule has 0 aliphatic rings. The van der Waals surface area contributed by atoms with Crippen molar-refractivity contribution in [2.24, 2.45) is 10.8 Å². The van der Waals surface area contributed by atoms with E-state index in [1.165, 1.54) is 18.3 Å². The number of hydrogen-bond acceptors (Lipinski definition) is 4. The van der Waals surface area contributed by atoms with Crippen LogP contribution in [0.25, 0.3) is 6.08 Å². The average molecular weight is 250 g/mol. The highest BCUT2D eigenvalue weighted by Gasteiger charge is 2.01. The molecular weight excluding hydrogens is 240 g/mol. The van der Waals surface area contributed by atoms with Gasteiger partial charge in [-0.15, -0.1) is 0 Å². The van der Waals surface area contributed by atoms with Crippen LogP contribution in [0.5, 0.6) is 0 Å². The summed E-state index contributed by atoms with van der Waals surface area (Å²) < 4.78 is 0. The molecule has 0 radical (unpaired) electrons. The molecule has 1 rings (SSSR count). The molecule has 0 aliphatic carbocycles. The third kappa shape index (κ3) is 4.85. The third-order valence-corrected chi connectivity index (χ3v) is 1.82. The van der Waals surface area contributed by atoms with E-state index in [2.05, 4.69) is 22.7 Å². The van der Waals surface area contributed by atoms with Crippen LogP contribution in [0.3, 0.4) is 0 Å². The predicted octanol–water partition coefficient (Wildman–Crippen LogP) is 1.43. The van der Waals surface area contributed by atoms with Gasteiger partial charge in [0.1, 0.15) is 0 Å². The zero-order chi connectivity index (χ0) is 12.7. The van der Waals surface area contributed by atoms with E-state index in [-0.39, 0.29) is 10.8 Å². The molecule has 6 nitrogen and oxygen atoms in total. The van der Waals surface area contributed by atoms with E-state index in [1.807, 2.05) is 0 Å². The summed E-state index contributed by atoms with van der Waals surface area (Å²) >= 11 is 4.54. The van der Waals surface area contributed by atoms with Crippen LogP contribution in [0.15, 0.2) is 35.4 Å². The van der Waals surface area contributed by atoms with Crippen molar-refractivity contribution >= 4 is 35.3 Å². The fourth-order valence-corrected chi connectivity index (χ4v) is 1.06. The lowest BCUT2D eigenvalue weighted by atomic mass is 10.2. The number of benzene rings is 1. The minimum absolute atomic E-state index is 0.0611. The van der Waals surface area contributed by atoms with Crippen LogP contribution in [0.4, 0.5) is 5.69 Å². The summed E-state index contributed by atoms with van der Waals surface area (Å²) in [5, 5.41) is 14.2. The van der Waals surface area contributed by atoms with E-state index in [9.17, 15) is 10.1 Å². The Balaban J connectivity index is 2.57.